The van der Waals surface area contributed by atoms with Gasteiger partial charge in [0.15, 0.2) is 4.80 Å². The molecule has 3 aromatic rings. The average Bonchev–Trinajstić information content (AvgIpc) is 3.38. The second-order valence-electron chi connectivity index (χ2n) is 6.96. The van der Waals surface area contributed by atoms with Crippen molar-refractivity contribution >= 4 is 60.7 Å². The van der Waals surface area contributed by atoms with Crippen LogP contribution in [0, 0.1) is 12.3 Å². The minimum Gasteiger partial charge on any atom is -0.303 e. The van der Waals surface area contributed by atoms with E-state index in [1.54, 1.807) is 16.7 Å². The van der Waals surface area contributed by atoms with Crippen molar-refractivity contribution in [1.29, 1.82) is 0 Å². The lowest BCUT2D eigenvalue weighted by atomic mass is 10.2. The first-order chi connectivity index (χ1) is 14.8. The van der Waals surface area contributed by atoms with Gasteiger partial charge in [-0.25, -0.2) is 8.42 Å². The summed E-state index contributed by atoms with van der Waals surface area (Å²) in [7, 11) is -3.54. The largest absolute Gasteiger partial charge is 0.303 e. The number of terminal acetylenes is 1. The zero-order valence-electron chi connectivity index (χ0n) is 16.2. The summed E-state index contributed by atoms with van der Waals surface area (Å²) < 4.78 is 29.2. The molecule has 1 amide bonds. The van der Waals surface area contributed by atoms with E-state index in [9.17, 15) is 13.2 Å². The van der Waals surface area contributed by atoms with E-state index in [4.69, 9.17) is 29.6 Å². The molecule has 2 heterocycles. The zero-order valence-corrected chi connectivity index (χ0v) is 19.4. The number of hydrogen-bond donors (Lipinski definition) is 0. The van der Waals surface area contributed by atoms with Crippen LogP contribution in [-0.4, -0.2) is 36.3 Å². The number of fused-ring (bicyclic) bond motifs is 1. The maximum absolute atomic E-state index is 12.8. The number of nitrogens with zero attached hydrogens (tertiary/aromatic N) is 3. The summed E-state index contributed by atoms with van der Waals surface area (Å²) >= 11 is 13.7. The Kier molecular flexibility index (Phi) is 6.24. The third kappa shape index (κ3) is 4.29. The summed E-state index contributed by atoms with van der Waals surface area (Å²) in [5.41, 5.74) is 0.932. The molecule has 0 saturated carbocycles. The smallest absolute Gasteiger partial charge is 0.279 e. The number of benzene rings is 2. The summed E-state index contributed by atoms with van der Waals surface area (Å²) in [6, 6.07) is 9.16. The summed E-state index contributed by atoms with van der Waals surface area (Å²) in [6.07, 6.45) is 7.20. The molecular weight excluding hydrogens is 477 g/mol. The van der Waals surface area contributed by atoms with Crippen LogP contribution in [0.5, 0.6) is 0 Å². The van der Waals surface area contributed by atoms with Gasteiger partial charge in [0.05, 0.1) is 26.7 Å². The van der Waals surface area contributed by atoms with Crippen LogP contribution in [0.4, 0.5) is 0 Å². The fourth-order valence-corrected chi connectivity index (χ4v) is 6.78. The molecule has 1 aliphatic heterocycles. The number of aromatic nitrogens is 1. The van der Waals surface area contributed by atoms with Gasteiger partial charge in [-0.15, -0.1) is 6.42 Å². The molecule has 0 spiro atoms. The molecule has 10 heteroatoms. The van der Waals surface area contributed by atoms with Crippen LogP contribution >= 0.6 is 34.5 Å². The molecule has 1 aliphatic rings. The Balaban J connectivity index is 1.71. The van der Waals surface area contributed by atoms with Gasteiger partial charge in [0, 0.05) is 23.7 Å². The van der Waals surface area contributed by atoms with E-state index >= 15 is 0 Å². The summed E-state index contributed by atoms with van der Waals surface area (Å²) in [4.78, 5) is 17.5. The predicted octanol–water partition coefficient (Wildman–Crippen LogP) is 4.17. The molecule has 0 unspecified atom stereocenters. The molecule has 6 nitrogen and oxygen atoms in total. The number of carbonyl (C=O) groups excluding carboxylic acids is 1. The number of rotatable bonds is 4. The van der Waals surface area contributed by atoms with Gasteiger partial charge < -0.3 is 4.57 Å². The van der Waals surface area contributed by atoms with Crippen LogP contribution in [0.2, 0.25) is 10.0 Å². The summed E-state index contributed by atoms with van der Waals surface area (Å²) in [5, 5.41) is 0.888. The van der Waals surface area contributed by atoms with Gasteiger partial charge in [-0.3, -0.25) is 4.79 Å². The Morgan fingerprint density at radius 3 is 2.48 bits per heavy atom. The lowest BCUT2D eigenvalue weighted by Gasteiger charge is -2.15. The fourth-order valence-electron chi connectivity index (χ4n) is 3.45. The van der Waals surface area contributed by atoms with Crippen molar-refractivity contribution in [2.24, 2.45) is 4.99 Å². The molecule has 160 valence electrons. The molecule has 2 aromatic carbocycles. The van der Waals surface area contributed by atoms with E-state index in [0.717, 1.165) is 17.5 Å². The van der Waals surface area contributed by atoms with E-state index in [2.05, 4.69) is 10.9 Å². The van der Waals surface area contributed by atoms with E-state index in [0.29, 0.717) is 33.5 Å². The van der Waals surface area contributed by atoms with Gasteiger partial charge in [0.1, 0.15) is 0 Å². The van der Waals surface area contributed by atoms with Gasteiger partial charge in [0.25, 0.3) is 5.91 Å². The fraction of sp³-hybridized carbons (Fsp3) is 0.238. The number of sulfonamides is 1. The van der Waals surface area contributed by atoms with Crippen molar-refractivity contribution in [2.45, 2.75) is 24.3 Å². The normalized spacial score (nSPS) is 15.5. The van der Waals surface area contributed by atoms with Gasteiger partial charge in [-0.05, 0) is 49.2 Å². The van der Waals surface area contributed by atoms with Crippen LogP contribution < -0.4 is 4.80 Å². The van der Waals surface area contributed by atoms with Gasteiger partial charge >= 0.3 is 0 Å². The van der Waals surface area contributed by atoms with Crippen LogP contribution in [0.1, 0.15) is 23.2 Å². The molecule has 31 heavy (non-hydrogen) atoms. The summed E-state index contributed by atoms with van der Waals surface area (Å²) in [5.74, 6) is 2.03. The van der Waals surface area contributed by atoms with E-state index in [-0.39, 0.29) is 17.0 Å². The van der Waals surface area contributed by atoms with Crippen LogP contribution in [0.15, 0.2) is 46.3 Å². The molecule has 1 aromatic heterocycles. The van der Waals surface area contributed by atoms with Gasteiger partial charge in [-0.1, -0.05) is 40.5 Å². The highest BCUT2D eigenvalue weighted by Gasteiger charge is 2.27. The van der Waals surface area contributed by atoms with Crippen LogP contribution in [-0.2, 0) is 16.6 Å². The molecule has 1 fully saturated rings. The topological polar surface area (TPSA) is 71.7 Å². The first kappa shape index (κ1) is 22.1. The SMILES string of the molecule is C#CCn1c(=NC(=O)c2ccc(S(=O)(=O)N3CCCC3)cc2)sc2cc(Cl)cc(Cl)c21. The van der Waals surface area contributed by atoms with E-state index in [1.807, 2.05) is 0 Å². The second kappa shape index (κ2) is 8.77. The molecule has 0 atom stereocenters. The highest BCUT2D eigenvalue weighted by atomic mass is 35.5. The molecular formula is C21H17Cl2N3O3S2. The van der Waals surface area contributed by atoms with Crippen LogP contribution in [0.25, 0.3) is 10.2 Å². The number of hydrogen-bond acceptors (Lipinski definition) is 4. The number of thiazole rings is 1. The maximum atomic E-state index is 12.8. The minimum atomic E-state index is -3.54. The third-order valence-electron chi connectivity index (χ3n) is 4.95. The predicted molar refractivity (Wildman–Crippen MR) is 123 cm³/mol. The quantitative estimate of drug-likeness (QED) is 0.512. The lowest BCUT2D eigenvalue weighted by molar-refractivity contribution is 0.0998. The minimum absolute atomic E-state index is 0.164. The molecule has 0 N–H and O–H groups in total. The molecule has 0 bridgehead atoms. The number of amides is 1. The van der Waals surface area contributed by atoms with Crippen molar-refractivity contribution in [3.63, 3.8) is 0 Å². The highest BCUT2D eigenvalue weighted by Crippen LogP contribution is 2.29. The number of carbonyl (C=O) groups is 1. The molecule has 4 rings (SSSR count). The average molecular weight is 494 g/mol. The third-order valence-corrected chi connectivity index (χ3v) is 8.39. The van der Waals surface area contributed by atoms with E-state index < -0.39 is 15.9 Å². The van der Waals surface area contributed by atoms with Gasteiger partial charge in [0.2, 0.25) is 10.0 Å². The standard InChI is InChI=1S/C21H17Cl2N3O3S2/c1-2-9-26-19-17(23)12-15(22)13-18(19)30-21(26)24-20(27)14-5-7-16(8-6-14)31(28,29)25-10-3-4-11-25/h1,5-8,12-13H,3-4,9-11H2. The molecule has 1 saturated heterocycles. The van der Waals surface area contributed by atoms with Crippen molar-refractivity contribution < 1.29 is 13.2 Å². The van der Waals surface area contributed by atoms with Crippen molar-refractivity contribution in [1.82, 2.24) is 8.87 Å². The van der Waals surface area contributed by atoms with Crippen molar-refractivity contribution in [2.75, 3.05) is 13.1 Å². The first-order valence-corrected chi connectivity index (χ1v) is 12.4. The van der Waals surface area contributed by atoms with Gasteiger partial charge in [-0.2, -0.15) is 9.30 Å². The Labute approximate surface area is 193 Å². The number of halogens is 2. The maximum Gasteiger partial charge on any atom is 0.279 e. The Morgan fingerprint density at radius 1 is 1.16 bits per heavy atom. The second-order valence-corrected chi connectivity index (χ2v) is 10.8. The van der Waals surface area contributed by atoms with Crippen LogP contribution in [0.3, 0.4) is 0 Å². The molecule has 0 aliphatic carbocycles. The Hall–Kier alpha value is -2.15. The van der Waals surface area contributed by atoms with Crippen molar-refractivity contribution in [3.05, 3.63) is 56.8 Å². The van der Waals surface area contributed by atoms with E-state index in [1.165, 1.54) is 39.9 Å². The summed E-state index contributed by atoms with van der Waals surface area (Å²) in [6.45, 7) is 1.22. The highest BCUT2D eigenvalue weighted by molar-refractivity contribution is 7.89. The molecule has 0 radical (unpaired) electrons. The Bertz CT molecular complexity index is 1380. The Morgan fingerprint density at radius 2 is 1.84 bits per heavy atom. The first-order valence-electron chi connectivity index (χ1n) is 9.42. The zero-order chi connectivity index (χ0) is 22.2. The monoisotopic (exact) mass is 493 g/mol. The lowest BCUT2D eigenvalue weighted by Crippen LogP contribution is -2.27. The van der Waals surface area contributed by atoms with Crippen molar-refractivity contribution in [3.8, 4) is 12.3 Å².